The molecule has 2 rings (SSSR count). The third kappa shape index (κ3) is 2.02. The van der Waals surface area contributed by atoms with Gasteiger partial charge < -0.3 is 10.1 Å². The predicted octanol–water partition coefficient (Wildman–Crippen LogP) is 1.41. The first-order valence-corrected chi connectivity index (χ1v) is 5.14. The first-order valence-electron chi connectivity index (χ1n) is 5.14. The maximum atomic E-state index is 11.7. The lowest BCUT2D eigenvalue weighted by Gasteiger charge is -2.09. The third-order valence-corrected chi connectivity index (χ3v) is 2.75. The fourth-order valence-electron chi connectivity index (χ4n) is 1.90. The topological polar surface area (TPSA) is 38.3 Å². The van der Waals surface area contributed by atoms with Crippen LogP contribution in [0.2, 0.25) is 0 Å². The van der Waals surface area contributed by atoms with E-state index in [0.717, 1.165) is 23.3 Å². The summed E-state index contributed by atoms with van der Waals surface area (Å²) in [5.41, 5.74) is 1.91. The van der Waals surface area contributed by atoms with Gasteiger partial charge in [-0.2, -0.15) is 0 Å². The Bertz CT molecular complexity index is 387. The molecule has 3 nitrogen and oxygen atoms in total. The number of carbonyl (C=O) groups is 1. The smallest absolute Gasteiger partial charge is 0.176 e. The Balaban J connectivity index is 2.43. The second kappa shape index (κ2) is 4.03. The molecule has 0 saturated heterocycles. The van der Waals surface area contributed by atoms with E-state index in [1.54, 1.807) is 7.11 Å². The number of methoxy groups -OCH3 is 1. The zero-order valence-corrected chi connectivity index (χ0v) is 9.04. The van der Waals surface area contributed by atoms with Crippen LogP contribution in [-0.4, -0.2) is 25.5 Å². The Kier molecular flexibility index (Phi) is 2.73. The molecule has 0 aromatic heterocycles. The number of ether oxygens (including phenoxy) is 1. The van der Waals surface area contributed by atoms with Gasteiger partial charge in [0.15, 0.2) is 5.78 Å². The van der Waals surface area contributed by atoms with Crippen LogP contribution in [0.3, 0.4) is 0 Å². The molecule has 1 N–H and O–H groups in total. The number of ketones is 1. The van der Waals surface area contributed by atoms with Gasteiger partial charge in [0.05, 0.1) is 13.7 Å². The lowest BCUT2D eigenvalue weighted by molar-refractivity contribution is 0.0991. The summed E-state index contributed by atoms with van der Waals surface area (Å²) in [5, 5.41) is 3.19. The fraction of sp³-hybridized carbons (Fsp3) is 0.417. The van der Waals surface area contributed by atoms with Crippen molar-refractivity contribution in [3.05, 3.63) is 29.3 Å². The second-order valence-electron chi connectivity index (χ2n) is 3.93. The molecule has 1 aliphatic rings. The van der Waals surface area contributed by atoms with E-state index in [-0.39, 0.29) is 5.78 Å². The van der Waals surface area contributed by atoms with Crippen LogP contribution in [0.4, 0.5) is 0 Å². The summed E-state index contributed by atoms with van der Waals surface area (Å²) in [4.78, 5) is 11.7. The zero-order valence-electron chi connectivity index (χ0n) is 9.04. The molecule has 0 fully saturated rings. The monoisotopic (exact) mass is 205 g/mol. The SMILES string of the molecule is COc1ccc2c(c1)CC(C)NCC2=O. The van der Waals surface area contributed by atoms with Crippen molar-refractivity contribution in [3.8, 4) is 5.75 Å². The summed E-state index contributed by atoms with van der Waals surface area (Å²) in [6, 6.07) is 5.99. The molecule has 1 unspecified atom stereocenters. The van der Waals surface area contributed by atoms with Gasteiger partial charge in [0.2, 0.25) is 0 Å². The maximum Gasteiger partial charge on any atom is 0.176 e. The number of hydrogen-bond acceptors (Lipinski definition) is 3. The van der Waals surface area contributed by atoms with Gasteiger partial charge in [-0.25, -0.2) is 0 Å². The molecular formula is C12H15NO2. The van der Waals surface area contributed by atoms with Crippen LogP contribution in [0.15, 0.2) is 18.2 Å². The summed E-state index contributed by atoms with van der Waals surface area (Å²) >= 11 is 0. The van der Waals surface area contributed by atoms with E-state index in [9.17, 15) is 4.79 Å². The highest BCUT2D eigenvalue weighted by Gasteiger charge is 2.18. The molecule has 1 heterocycles. The van der Waals surface area contributed by atoms with Crippen molar-refractivity contribution < 1.29 is 9.53 Å². The van der Waals surface area contributed by atoms with Gasteiger partial charge in [-0.15, -0.1) is 0 Å². The van der Waals surface area contributed by atoms with Crippen molar-refractivity contribution in [2.24, 2.45) is 0 Å². The van der Waals surface area contributed by atoms with E-state index < -0.39 is 0 Å². The number of hydrogen-bond donors (Lipinski definition) is 1. The Morgan fingerprint density at radius 2 is 2.27 bits per heavy atom. The van der Waals surface area contributed by atoms with Crippen molar-refractivity contribution in [1.82, 2.24) is 5.32 Å². The summed E-state index contributed by atoms with van der Waals surface area (Å²) in [5.74, 6) is 0.979. The number of fused-ring (bicyclic) bond motifs is 1. The molecule has 1 aromatic carbocycles. The largest absolute Gasteiger partial charge is 0.497 e. The number of nitrogens with one attached hydrogen (secondary N) is 1. The number of Topliss-reactive ketones (excluding diaryl/α,β-unsaturated/α-hetero) is 1. The number of benzene rings is 1. The summed E-state index contributed by atoms with van der Waals surface area (Å²) in [7, 11) is 1.64. The van der Waals surface area contributed by atoms with Gasteiger partial charge in [0.25, 0.3) is 0 Å². The average molecular weight is 205 g/mol. The van der Waals surface area contributed by atoms with Crippen LogP contribution in [-0.2, 0) is 6.42 Å². The Morgan fingerprint density at radius 3 is 3.00 bits per heavy atom. The van der Waals surface area contributed by atoms with Gasteiger partial charge in [-0.1, -0.05) is 0 Å². The zero-order chi connectivity index (χ0) is 10.8. The van der Waals surface area contributed by atoms with Crippen molar-refractivity contribution in [2.45, 2.75) is 19.4 Å². The van der Waals surface area contributed by atoms with Gasteiger partial charge in [-0.3, -0.25) is 4.79 Å². The van der Waals surface area contributed by atoms with E-state index in [1.807, 2.05) is 18.2 Å². The van der Waals surface area contributed by atoms with Gasteiger partial charge >= 0.3 is 0 Å². The average Bonchev–Trinajstić information content (AvgIpc) is 2.38. The van der Waals surface area contributed by atoms with Crippen LogP contribution in [0.25, 0.3) is 0 Å². The summed E-state index contributed by atoms with van der Waals surface area (Å²) < 4.78 is 5.16. The lowest BCUT2D eigenvalue weighted by Crippen LogP contribution is -2.29. The summed E-state index contributed by atoms with van der Waals surface area (Å²) in [6.45, 7) is 2.52. The number of rotatable bonds is 1. The fourth-order valence-corrected chi connectivity index (χ4v) is 1.90. The van der Waals surface area contributed by atoms with E-state index in [1.165, 1.54) is 0 Å². The van der Waals surface area contributed by atoms with E-state index >= 15 is 0 Å². The van der Waals surface area contributed by atoms with E-state index in [4.69, 9.17) is 4.74 Å². The molecule has 3 heteroatoms. The molecule has 0 spiro atoms. The first-order chi connectivity index (χ1) is 7.20. The molecule has 0 radical (unpaired) electrons. The first kappa shape index (κ1) is 10.2. The standard InChI is InChI=1S/C12H15NO2/c1-8-5-9-6-10(15-2)3-4-11(9)12(14)7-13-8/h3-4,6,8,13H,5,7H2,1-2H3. The molecule has 0 bridgehead atoms. The van der Waals surface area contributed by atoms with E-state index in [0.29, 0.717) is 12.6 Å². The Hall–Kier alpha value is -1.35. The van der Waals surface area contributed by atoms with Gasteiger partial charge in [0.1, 0.15) is 5.75 Å². The lowest BCUT2D eigenvalue weighted by atomic mass is 10.00. The molecule has 1 aliphatic heterocycles. The highest BCUT2D eigenvalue weighted by molar-refractivity contribution is 5.99. The molecule has 0 amide bonds. The molecule has 0 aliphatic carbocycles. The van der Waals surface area contributed by atoms with Crippen LogP contribution in [0, 0.1) is 0 Å². The van der Waals surface area contributed by atoms with E-state index in [2.05, 4.69) is 12.2 Å². The van der Waals surface area contributed by atoms with Crippen molar-refractivity contribution in [2.75, 3.05) is 13.7 Å². The number of carbonyl (C=O) groups excluding carboxylic acids is 1. The third-order valence-electron chi connectivity index (χ3n) is 2.75. The van der Waals surface area contributed by atoms with Crippen molar-refractivity contribution >= 4 is 5.78 Å². The van der Waals surface area contributed by atoms with Crippen LogP contribution in [0.1, 0.15) is 22.8 Å². The minimum absolute atomic E-state index is 0.164. The normalized spacial score (nSPS) is 20.7. The van der Waals surface area contributed by atoms with Crippen LogP contribution < -0.4 is 10.1 Å². The second-order valence-corrected chi connectivity index (χ2v) is 3.93. The Labute approximate surface area is 89.4 Å². The van der Waals surface area contributed by atoms with Crippen molar-refractivity contribution in [1.29, 1.82) is 0 Å². The van der Waals surface area contributed by atoms with Crippen LogP contribution >= 0.6 is 0 Å². The van der Waals surface area contributed by atoms with Gasteiger partial charge in [-0.05, 0) is 37.1 Å². The maximum absolute atomic E-state index is 11.7. The highest BCUT2D eigenvalue weighted by Crippen LogP contribution is 2.21. The highest BCUT2D eigenvalue weighted by atomic mass is 16.5. The molecule has 80 valence electrons. The molecule has 0 saturated carbocycles. The molecular weight excluding hydrogens is 190 g/mol. The summed E-state index contributed by atoms with van der Waals surface area (Å²) in [6.07, 6.45) is 0.873. The predicted molar refractivity (Wildman–Crippen MR) is 58.5 cm³/mol. The minimum atomic E-state index is 0.164. The minimum Gasteiger partial charge on any atom is -0.497 e. The Morgan fingerprint density at radius 1 is 1.47 bits per heavy atom. The molecule has 1 aromatic rings. The molecule has 1 atom stereocenters. The van der Waals surface area contributed by atoms with Crippen molar-refractivity contribution in [3.63, 3.8) is 0 Å². The van der Waals surface area contributed by atoms with Crippen LogP contribution in [0.5, 0.6) is 5.75 Å². The van der Waals surface area contributed by atoms with Gasteiger partial charge in [0, 0.05) is 11.6 Å². The quantitative estimate of drug-likeness (QED) is 0.753. The molecule has 15 heavy (non-hydrogen) atoms.